The number of aromatic nitrogens is 2. The molecule has 71 valence electrons. The SMILES string of the molecule is FC(F)(F)c1ccc2[c]ncnc2c1. The van der Waals surface area contributed by atoms with E-state index in [9.17, 15) is 13.2 Å². The molecule has 1 aromatic carbocycles. The molecule has 0 bridgehead atoms. The quantitative estimate of drug-likeness (QED) is 0.648. The van der Waals surface area contributed by atoms with Crippen molar-refractivity contribution in [2.24, 2.45) is 0 Å². The van der Waals surface area contributed by atoms with Gasteiger partial charge in [-0.25, -0.2) is 9.97 Å². The molecule has 2 aromatic rings. The predicted molar refractivity (Wildman–Crippen MR) is 43.4 cm³/mol. The van der Waals surface area contributed by atoms with Crippen molar-refractivity contribution >= 4 is 10.9 Å². The highest BCUT2D eigenvalue weighted by molar-refractivity contribution is 5.77. The average molecular weight is 197 g/mol. The van der Waals surface area contributed by atoms with Crippen molar-refractivity contribution in [2.75, 3.05) is 0 Å². The normalized spacial score (nSPS) is 11.9. The van der Waals surface area contributed by atoms with Gasteiger partial charge in [-0.2, -0.15) is 13.2 Å². The van der Waals surface area contributed by atoms with Gasteiger partial charge in [0.2, 0.25) is 0 Å². The van der Waals surface area contributed by atoms with Crippen molar-refractivity contribution in [2.45, 2.75) is 6.18 Å². The first kappa shape index (κ1) is 8.93. The zero-order valence-corrected chi connectivity index (χ0v) is 6.84. The maximum atomic E-state index is 12.3. The van der Waals surface area contributed by atoms with Gasteiger partial charge in [-0.15, -0.1) is 0 Å². The first-order valence-corrected chi connectivity index (χ1v) is 3.77. The van der Waals surface area contributed by atoms with Gasteiger partial charge in [0.25, 0.3) is 0 Å². The van der Waals surface area contributed by atoms with Crippen molar-refractivity contribution in [3.8, 4) is 0 Å². The summed E-state index contributed by atoms with van der Waals surface area (Å²) in [6, 6.07) is 3.27. The fourth-order valence-electron chi connectivity index (χ4n) is 1.10. The molecule has 5 heteroatoms. The second kappa shape index (κ2) is 2.94. The third kappa shape index (κ3) is 1.53. The van der Waals surface area contributed by atoms with Gasteiger partial charge < -0.3 is 0 Å². The number of rotatable bonds is 0. The largest absolute Gasteiger partial charge is 0.416 e. The van der Waals surface area contributed by atoms with Crippen LogP contribution in [0.5, 0.6) is 0 Å². The van der Waals surface area contributed by atoms with Crippen LogP contribution < -0.4 is 0 Å². The number of hydrogen-bond acceptors (Lipinski definition) is 2. The molecule has 0 aliphatic carbocycles. The Kier molecular flexibility index (Phi) is 1.87. The number of hydrogen-bond donors (Lipinski definition) is 0. The first-order chi connectivity index (χ1) is 6.57. The number of benzene rings is 1. The molecule has 0 aliphatic heterocycles. The molecule has 0 N–H and O–H groups in total. The molecule has 1 heterocycles. The maximum Gasteiger partial charge on any atom is 0.416 e. The molecular formula is C9H4F3N2. The van der Waals surface area contributed by atoms with E-state index in [-0.39, 0.29) is 5.52 Å². The van der Waals surface area contributed by atoms with Crippen LogP contribution in [0, 0.1) is 6.20 Å². The summed E-state index contributed by atoms with van der Waals surface area (Å²) in [5.74, 6) is 0. The number of fused-ring (bicyclic) bond motifs is 1. The lowest BCUT2D eigenvalue weighted by atomic mass is 10.1. The zero-order valence-electron chi connectivity index (χ0n) is 6.84. The van der Waals surface area contributed by atoms with Gasteiger partial charge >= 0.3 is 6.18 Å². The van der Waals surface area contributed by atoms with Crippen molar-refractivity contribution in [3.63, 3.8) is 0 Å². The summed E-state index contributed by atoms with van der Waals surface area (Å²) < 4.78 is 36.8. The van der Waals surface area contributed by atoms with Gasteiger partial charge in [-0.1, -0.05) is 0 Å². The van der Waals surface area contributed by atoms with Crippen LogP contribution in [-0.2, 0) is 6.18 Å². The minimum absolute atomic E-state index is 0.245. The molecule has 0 amide bonds. The van der Waals surface area contributed by atoms with E-state index in [2.05, 4.69) is 16.2 Å². The Balaban J connectivity index is 2.63. The minimum Gasteiger partial charge on any atom is -0.236 e. The van der Waals surface area contributed by atoms with Crippen LogP contribution in [0.2, 0.25) is 0 Å². The van der Waals surface area contributed by atoms with Crippen LogP contribution in [0.25, 0.3) is 10.9 Å². The molecule has 2 rings (SSSR count). The Morgan fingerprint density at radius 2 is 2.00 bits per heavy atom. The first-order valence-electron chi connectivity index (χ1n) is 3.77. The van der Waals surface area contributed by atoms with Crippen molar-refractivity contribution in [1.82, 2.24) is 9.97 Å². The van der Waals surface area contributed by atoms with Crippen molar-refractivity contribution in [3.05, 3.63) is 36.3 Å². The third-order valence-corrected chi connectivity index (χ3v) is 1.76. The van der Waals surface area contributed by atoms with Gasteiger partial charge in [0.15, 0.2) is 0 Å². The van der Waals surface area contributed by atoms with Crippen LogP contribution in [0.15, 0.2) is 24.5 Å². The van der Waals surface area contributed by atoms with Gasteiger partial charge in [0, 0.05) is 5.39 Å². The molecule has 0 saturated carbocycles. The molecule has 0 fully saturated rings. The van der Waals surface area contributed by atoms with Crippen molar-refractivity contribution in [1.29, 1.82) is 0 Å². The van der Waals surface area contributed by atoms with E-state index in [0.29, 0.717) is 5.39 Å². The van der Waals surface area contributed by atoms with E-state index in [1.54, 1.807) is 0 Å². The van der Waals surface area contributed by atoms with E-state index in [1.165, 1.54) is 12.4 Å². The van der Waals surface area contributed by atoms with Gasteiger partial charge in [0.05, 0.1) is 11.1 Å². The zero-order chi connectivity index (χ0) is 10.2. The standard InChI is InChI=1S/C9H4F3N2/c10-9(11,12)7-2-1-6-4-13-5-14-8(6)3-7/h1-3,5H. The average Bonchev–Trinajstić information content (AvgIpc) is 2.16. The molecule has 0 saturated heterocycles. The molecule has 0 unspecified atom stereocenters. The second-order valence-corrected chi connectivity index (χ2v) is 2.72. The maximum absolute atomic E-state index is 12.3. The number of alkyl halides is 3. The number of nitrogens with zero attached hydrogens (tertiary/aromatic N) is 2. The molecule has 1 aromatic heterocycles. The second-order valence-electron chi connectivity index (χ2n) is 2.72. The fourth-order valence-corrected chi connectivity index (χ4v) is 1.10. The molecule has 0 aliphatic rings. The molecule has 14 heavy (non-hydrogen) atoms. The van der Waals surface area contributed by atoms with Crippen LogP contribution in [0.4, 0.5) is 13.2 Å². The van der Waals surface area contributed by atoms with E-state index in [1.807, 2.05) is 0 Å². The summed E-state index contributed by atoms with van der Waals surface area (Å²) in [5.41, 5.74) is -0.466. The van der Waals surface area contributed by atoms with E-state index >= 15 is 0 Å². The molecule has 2 nitrogen and oxygen atoms in total. The lowest BCUT2D eigenvalue weighted by Crippen LogP contribution is -2.04. The van der Waals surface area contributed by atoms with Crippen LogP contribution in [0.1, 0.15) is 5.56 Å². The summed E-state index contributed by atoms with van der Waals surface area (Å²) >= 11 is 0. The van der Waals surface area contributed by atoms with E-state index < -0.39 is 11.7 Å². The monoisotopic (exact) mass is 197 g/mol. The van der Waals surface area contributed by atoms with Crippen LogP contribution in [-0.4, -0.2) is 9.97 Å². The highest BCUT2D eigenvalue weighted by atomic mass is 19.4. The third-order valence-electron chi connectivity index (χ3n) is 1.76. The van der Waals surface area contributed by atoms with E-state index in [0.717, 1.165) is 12.1 Å². The highest BCUT2D eigenvalue weighted by Gasteiger charge is 2.30. The van der Waals surface area contributed by atoms with Crippen LogP contribution >= 0.6 is 0 Å². The van der Waals surface area contributed by atoms with Gasteiger partial charge in [-0.3, -0.25) is 0 Å². The Morgan fingerprint density at radius 3 is 2.71 bits per heavy atom. The molecule has 1 radical (unpaired) electrons. The summed E-state index contributed by atoms with van der Waals surface area (Å²) in [6.07, 6.45) is -0.615. The lowest BCUT2D eigenvalue weighted by molar-refractivity contribution is -0.137. The molecular weight excluding hydrogens is 193 g/mol. The molecule has 0 spiro atoms. The summed E-state index contributed by atoms with van der Waals surface area (Å²) in [6.45, 7) is 0. The summed E-state index contributed by atoms with van der Waals surface area (Å²) in [7, 11) is 0. The van der Waals surface area contributed by atoms with Gasteiger partial charge in [-0.05, 0) is 18.2 Å². The smallest absolute Gasteiger partial charge is 0.236 e. The molecule has 0 atom stereocenters. The Hall–Kier alpha value is -1.65. The Labute approximate surface area is 77.4 Å². The summed E-state index contributed by atoms with van der Waals surface area (Å²) in [4.78, 5) is 7.30. The summed E-state index contributed by atoms with van der Waals surface area (Å²) in [5, 5.41) is 0.473. The minimum atomic E-state index is -4.33. The highest BCUT2D eigenvalue weighted by Crippen LogP contribution is 2.30. The lowest BCUT2D eigenvalue weighted by Gasteiger charge is -2.06. The van der Waals surface area contributed by atoms with Crippen LogP contribution in [0.3, 0.4) is 0 Å². The Morgan fingerprint density at radius 1 is 1.21 bits per heavy atom. The Bertz CT molecular complexity index is 465. The fraction of sp³-hybridized carbons (Fsp3) is 0.111. The predicted octanol–water partition coefficient (Wildman–Crippen LogP) is 2.45. The van der Waals surface area contributed by atoms with Crippen molar-refractivity contribution < 1.29 is 13.2 Å². The van der Waals surface area contributed by atoms with Gasteiger partial charge in [0.1, 0.15) is 12.5 Å². The topological polar surface area (TPSA) is 25.8 Å². The number of halogens is 3. The van der Waals surface area contributed by atoms with E-state index in [4.69, 9.17) is 0 Å².